The van der Waals surface area contributed by atoms with Gasteiger partial charge in [0, 0.05) is 25.5 Å². The summed E-state index contributed by atoms with van der Waals surface area (Å²) < 4.78 is 5.53. The van der Waals surface area contributed by atoms with Crippen LogP contribution < -0.4 is 0 Å². The van der Waals surface area contributed by atoms with Crippen molar-refractivity contribution in [2.75, 3.05) is 13.2 Å². The summed E-state index contributed by atoms with van der Waals surface area (Å²) in [5.74, 6) is 0.449. The first kappa shape index (κ1) is 8.68. The molecule has 3 heterocycles. The number of aliphatic hydroxyl groups excluding tert-OH is 1. The smallest absolute Gasteiger partial charge is 0.223 e. The summed E-state index contributed by atoms with van der Waals surface area (Å²) in [7, 11) is 0. The fourth-order valence-electron chi connectivity index (χ4n) is 3.07. The SMILES string of the molecule is O=C1CC[C@H]2[C@@H](O)[C@@H]3CCO[C@@H]3CN12. The first-order valence-electron chi connectivity index (χ1n) is 5.36. The van der Waals surface area contributed by atoms with E-state index in [2.05, 4.69) is 0 Å². The van der Waals surface area contributed by atoms with Crippen molar-refractivity contribution in [1.82, 2.24) is 4.90 Å². The predicted molar refractivity (Wildman–Crippen MR) is 48.6 cm³/mol. The predicted octanol–water partition coefficient (Wildman–Crippen LogP) is -0.243. The van der Waals surface area contributed by atoms with E-state index >= 15 is 0 Å². The monoisotopic (exact) mass is 197 g/mol. The van der Waals surface area contributed by atoms with Crippen molar-refractivity contribution in [1.29, 1.82) is 0 Å². The molecule has 3 aliphatic rings. The molecule has 78 valence electrons. The number of amides is 1. The minimum absolute atomic E-state index is 0.0745. The normalized spacial score (nSPS) is 46.6. The summed E-state index contributed by atoms with van der Waals surface area (Å²) in [5, 5.41) is 10.1. The molecular weight excluding hydrogens is 182 g/mol. The standard InChI is InChI=1S/C10H15NO3/c12-9-2-1-7-10(13)6-3-4-14-8(6)5-11(7)9/h6-8,10,13H,1-5H2/t6-,7+,8-,10+/m1/s1. The number of nitrogens with zero attached hydrogens (tertiary/aromatic N) is 1. The molecule has 0 aliphatic carbocycles. The van der Waals surface area contributed by atoms with Gasteiger partial charge in [-0.05, 0) is 12.8 Å². The molecule has 4 nitrogen and oxygen atoms in total. The van der Waals surface area contributed by atoms with Crippen LogP contribution in [0.1, 0.15) is 19.3 Å². The Kier molecular flexibility index (Phi) is 1.82. The fourth-order valence-corrected chi connectivity index (χ4v) is 3.07. The maximum Gasteiger partial charge on any atom is 0.223 e. The maximum absolute atomic E-state index is 11.5. The van der Waals surface area contributed by atoms with Crippen molar-refractivity contribution >= 4 is 5.91 Å². The van der Waals surface area contributed by atoms with Gasteiger partial charge in [-0.3, -0.25) is 4.79 Å². The maximum atomic E-state index is 11.5. The fraction of sp³-hybridized carbons (Fsp3) is 0.900. The number of piperidine rings is 1. The topological polar surface area (TPSA) is 49.8 Å². The minimum Gasteiger partial charge on any atom is -0.391 e. The minimum atomic E-state index is -0.359. The molecule has 0 bridgehead atoms. The van der Waals surface area contributed by atoms with Crippen LogP contribution in [0.2, 0.25) is 0 Å². The molecular formula is C10H15NO3. The van der Waals surface area contributed by atoms with Gasteiger partial charge in [-0.1, -0.05) is 0 Å². The molecule has 0 spiro atoms. The van der Waals surface area contributed by atoms with Crippen molar-refractivity contribution in [3.8, 4) is 0 Å². The van der Waals surface area contributed by atoms with Crippen LogP contribution >= 0.6 is 0 Å². The molecule has 4 atom stereocenters. The van der Waals surface area contributed by atoms with Gasteiger partial charge in [0.2, 0.25) is 5.91 Å². The second-order valence-corrected chi connectivity index (χ2v) is 4.50. The second kappa shape index (κ2) is 2.94. The number of rotatable bonds is 0. The van der Waals surface area contributed by atoms with Crippen molar-refractivity contribution < 1.29 is 14.6 Å². The van der Waals surface area contributed by atoms with Gasteiger partial charge in [0.05, 0.1) is 18.2 Å². The molecule has 3 rings (SSSR count). The summed E-state index contributed by atoms with van der Waals surface area (Å²) in [6, 6.07) is 0.0745. The molecule has 4 heteroatoms. The van der Waals surface area contributed by atoms with E-state index < -0.39 is 0 Å². The summed E-state index contributed by atoms with van der Waals surface area (Å²) in [4.78, 5) is 13.3. The van der Waals surface area contributed by atoms with Crippen LogP contribution in [-0.2, 0) is 9.53 Å². The third-order valence-corrected chi connectivity index (χ3v) is 3.84. The first-order chi connectivity index (χ1) is 6.77. The highest BCUT2D eigenvalue weighted by Crippen LogP contribution is 2.37. The molecule has 0 aromatic rings. The Morgan fingerprint density at radius 3 is 3.14 bits per heavy atom. The second-order valence-electron chi connectivity index (χ2n) is 4.50. The van der Waals surface area contributed by atoms with Gasteiger partial charge in [-0.2, -0.15) is 0 Å². The van der Waals surface area contributed by atoms with Crippen LogP contribution in [0.3, 0.4) is 0 Å². The van der Waals surface area contributed by atoms with Crippen LogP contribution in [0.15, 0.2) is 0 Å². The number of carbonyl (C=O) groups excluding carboxylic acids is 1. The zero-order valence-corrected chi connectivity index (χ0v) is 8.06. The van der Waals surface area contributed by atoms with Gasteiger partial charge >= 0.3 is 0 Å². The quantitative estimate of drug-likeness (QED) is 0.583. The number of hydrogen-bond donors (Lipinski definition) is 1. The zero-order valence-electron chi connectivity index (χ0n) is 8.06. The average Bonchev–Trinajstić information content (AvgIpc) is 2.75. The first-order valence-corrected chi connectivity index (χ1v) is 5.36. The summed E-state index contributed by atoms with van der Waals surface area (Å²) in [5.41, 5.74) is 0. The lowest BCUT2D eigenvalue weighted by molar-refractivity contribution is -0.138. The lowest BCUT2D eigenvalue weighted by Gasteiger charge is -2.40. The van der Waals surface area contributed by atoms with Gasteiger partial charge in [-0.15, -0.1) is 0 Å². The average molecular weight is 197 g/mol. The third kappa shape index (κ3) is 1.04. The lowest BCUT2D eigenvalue weighted by Crippen LogP contribution is -2.55. The number of aliphatic hydroxyl groups is 1. The highest BCUT2D eigenvalue weighted by atomic mass is 16.5. The van der Waals surface area contributed by atoms with E-state index in [-0.39, 0.29) is 30.1 Å². The van der Waals surface area contributed by atoms with E-state index in [0.29, 0.717) is 13.0 Å². The van der Waals surface area contributed by atoms with Crippen molar-refractivity contribution in [3.05, 3.63) is 0 Å². The molecule has 3 saturated heterocycles. The molecule has 3 aliphatic heterocycles. The van der Waals surface area contributed by atoms with Crippen LogP contribution in [0.25, 0.3) is 0 Å². The van der Waals surface area contributed by atoms with Crippen LogP contribution in [-0.4, -0.2) is 47.3 Å². The molecule has 1 amide bonds. The van der Waals surface area contributed by atoms with Crippen LogP contribution in [0.5, 0.6) is 0 Å². The Bertz CT molecular complexity index is 268. The van der Waals surface area contributed by atoms with Crippen molar-refractivity contribution in [2.45, 2.75) is 37.5 Å². The van der Waals surface area contributed by atoms with Crippen LogP contribution in [0, 0.1) is 5.92 Å². The molecule has 0 saturated carbocycles. The molecule has 0 radical (unpaired) electrons. The van der Waals surface area contributed by atoms with Crippen LogP contribution in [0.4, 0.5) is 0 Å². The van der Waals surface area contributed by atoms with Gasteiger partial charge in [-0.25, -0.2) is 0 Å². The highest BCUT2D eigenvalue weighted by Gasteiger charge is 2.49. The summed E-state index contributed by atoms with van der Waals surface area (Å²) in [6.07, 6.45) is 2.10. The van der Waals surface area contributed by atoms with Crippen molar-refractivity contribution in [2.24, 2.45) is 5.92 Å². The van der Waals surface area contributed by atoms with E-state index in [0.717, 1.165) is 19.4 Å². The zero-order chi connectivity index (χ0) is 9.71. The lowest BCUT2D eigenvalue weighted by atomic mass is 9.85. The molecule has 3 fully saturated rings. The Balaban J connectivity index is 1.86. The summed E-state index contributed by atoms with van der Waals surface area (Å²) >= 11 is 0. The van der Waals surface area contributed by atoms with E-state index in [1.54, 1.807) is 0 Å². The van der Waals surface area contributed by atoms with Crippen molar-refractivity contribution in [3.63, 3.8) is 0 Å². The molecule has 14 heavy (non-hydrogen) atoms. The number of ether oxygens (including phenoxy) is 1. The Labute approximate surface area is 82.8 Å². The third-order valence-electron chi connectivity index (χ3n) is 3.84. The number of carbonyl (C=O) groups is 1. The summed E-state index contributed by atoms with van der Waals surface area (Å²) in [6.45, 7) is 1.44. The van der Waals surface area contributed by atoms with Gasteiger partial charge in [0.15, 0.2) is 0 Å². The highest BCUT2D eigenvalue weighted by molar-refractivity contribution is 5.79. The van der Waals surface area contributed by atoms with E-state index in [4.69, 9.17) is 4.74 Å². The Morgan fingerprint density at radius 2 is 2.29 bits per heavy atom. The van der Waals surface area contributed by atoms with Gasteiger partial charge in [0.1, 0.15) is 0 Å². The molecule has 0 aromatic heterocycles. The van der Waals surface area contributed by atoms with E-state index in [1.165, 1.54) is 0 Å². The van der Waals surface area contributed by atoms with E-state index in [1.807, 2.05) is 4.90 Å². The molecule has 1 N–H and O–H groups in total. The van der Waals surface area contributed by atoms with E-state index in [9.17, 15) is 9.90 Å². The number of fused-ring (bicyclic) bond motifs is 2. The Hall–Kier alpha value is -0.610. The largest absolute Gasteiger partial charge is 0.391 e. The Morgan fingerprint density at radius 1 is 1.43 bits per heavy atom. The molecule has 0 aromatic carbocycles. The van der Waals surface area contributed by atoms with Gasteiger partial charge < -0.3 is 14.7 Å². The molecule has 0 unspecified atom stereocenters. The van der Waals surface area contributed by atoms with Gasteiger partial charge in [0.25, 0.3) is 0 Å². The number of hydrogen-bond acceptors (Lipinski definition) is 3.